The van der Waals surface area contributed by atoms with Crippen LogP contribution in [0.2, 0.25) is 5.15 Å². The van der Waals surface area contributed by atoms with Gasteiger partial charge >= 0.3 is 5.97 Å². The lowest BCUT2D eigenvalue weighted by molar-refractivity contribution is -0.147. The number of methoxy groups -OCH3 is 1. The maximum absolute atomic E-state index is 11.0. The summed E-state index contributed by atoms with van der Waals surface area (Å²) in [6.07, 6.45) is 0.796. The Balaban J connectivity index is 2.60. The van der Waals surface area contributed by atoms with Crippen molar-refractivity contribution in [2.45, 2.75) is 13.0 Å². The average molecular weight is 216 g/mol. The van der Waals surface area contributed by atoms with E-state index in [9.17, 15) is 4.79 Å². The first kappa shape index (κ1) is 10.8. The minimum absolute atomic E-state index is 0.378. The Morgan fingerprint density at radius 3 is 2.79 bits per heavy atom. The topological polar surface area (TPSA) is 48.4 Å². The minimum atomic E-state index is -0.650. The molecule has 0 spiro atoms. The summed E-state index contributed by atoms with van der Waals surface area (Å²) in [7, 11) is 1.31. The highest BCUT2D eigenvalue weighted by molar-refractivity contribution is 6.29. The van der Waals surface area contributed by atoms with Crippen LogP contribution in [0.15, 0.2) is 18.3 Å². The first-order valence-corrected chi connectivity index (χ1v) is 4.37. The lowest BCUT2D eigenvalue weighted by Gasteiger charge is -2.11. The van der Waals surface area contributed by atoms with E-state index in [0.29, 0.717) is 10.9 Å². The first-order chi connectivity index (χ1) is 6.63. The van der Waals surface area contributed by atoms with Crippen molar-refractivity contribution in [3.63, 3.8) is 0 Å². The van der Waals surface area contributed by atoms with Gasteiger partial charge in [0.05, 0.1) is 13.3 Å². The molecule has 14 heavy (non-hydrogen) atoms. The Labute approximate surface area is 86.8 Å². The van der Waals surface area contributed by atoms with Gasteiger partial charge in [0.15, 0.2) is 6.10 Å². The molecule has 0 aliphatic rings. The van der Waals surface area contributed by atoms with E-state index in [0.717, 1.165) is 0 Å². The van der Waals surface area contributed by atoms with Crippen molar-refractivity contribution in [3.8, 4) is 5.75 Å². The molecule has 0 aliphatic carbocycles. The van der Waals surface area contributed by atoms with E-state index >= 15 is 0 Å². The van der Waals surface area contributed by atoms with E-state index in [1.807, 2.05) is 0 Å². The fourth-order valence-electron chi connectivity index (χ4n) is 0.850. The Hall–Kier alpha value is -1.29. The summed E-state index contributed by atoms with van der Waals surface area (Å²) in [5.41, 5.74) is 0. The summed E-state index contributed by atoms with van der Waals surface area (Å²) in [4.78, 5) is 14.8. The molecular formula is C9H10ClNO3. The molecule has 1 aromatic rings. The molecule has 76 valence electrons. The van der Waals surface area contributed by atoms with Crippen LogP contribution in [-0.2, 0) is 9.53 Å². The molecule has 1 rings (SSSR count). The SMILES string of the molecule is COC(=O)C(C)Oc1ccc(Cl)nc1. The largest absolute Gasteiger partial charge is 0.477 e. The molecule has 5 heteroatoms. The summed E-state index contributed by atoms with van der Waals surface area (Å²) in [6, 6.07) is 3.22. The molecular weight excluding hydrogens is 206 g/mol. The van der Waals surface area contributed by atoms with Crippen LogP contribution >= 0.6 is 11.6 Å². The second-order valence-corrected chi connectivity index (χ2v) is 2.99. The molecule has 1 unspecified atom stereocenters. The van der Waals surface area contributed by atoms with E-state index < -0.39 is 12.1 Å². The normalized spacial score (nSPS) is 11.9. The average Bonchev–Trinajstić information content (AvgIpc) is 2.20. The molecule has 0 fully saturated rings. The predicted molar refractivity (Wildman–Crippen MR) is 51.4 cm³/mol. The van der Waals surface area contributed by atoms with E-state index in [1.165, 1.54) is 13.3 Å². The van der Waals surface area contributed by atoms with E-state index in [4.69, 9.17) is 16.3 Å². The van der Waals surface area contributed by atoms with E-state index in [2.05, 4.69) is 9.72 Å². The lowest BCUT2D eigenvalue weighted by atomic mass is 10.4. The number of pyridine rings is 1. The van der Waals surface area contributed by atoms with Crippen LogP contribution in [0.5, 0.6) is 5.75 Å². The Bertz CT molecular complexity index is 312. The molecule has 1 heterocycles. The number of ether oxygens (including phenoxy) is 2. The van der Waals surface area contributed by atoms with Gasteiger partial charge in [0.2, 0.25) is 0 Å². The molecule has 0 N–H and O–H groups in total. The van der Waals surface area contributed by atoms with Crippen molar-refractivity contribution in [1.82, 2.24) is 4.98 Å². The van der Waals surface area contributed by atoms with Crippen LogP contribution in [0, 0.1) is 0 Å². The number of hydrogen-bond donors (Lipinski definition) is 0. The number of aromatic nitrogens is 1. The molecule has 0 saturated carbocycles. The summed E-state index contributed by atoms with van der Waals surface area (Å²) >= 11 is 5.58. The second-order valence-electron chi connectivity index (χ2n) is 2.60. The zero-order valence-corrected chi connectivity index (χ0v) is 8.62. The van der Waals surface area contributed by atoms with Crippen molar-refractivity contribution >= 4 is 17.6 Å². The molecule has 0 aliphatic heterocycles. The number of carbonyl (C=O) groups is 1. The molecule has 0 radical (unpaired) electrons. The monoisotopic (exact) mass is 215 g/mol. The molecule has 0 amide bonds. The highest BCUT2D eigenvalue weighted by Crippen LogP contribution is 2.13. The number of carbonyl (C=O) groups excluding carboxylic acids is 1. The van der Waals surface area contributed by atoms with Crippen LogP contribution in [0.3, 0.4) is 0 Å². The second kappa shape index (κ2) is 4.81. The van der Waals surface area contributed by atoms with Crippen molar-refractivity contribution in [3.05, 3.63) is 23.5 Å². The molecule has 4 nitrogen and oxygen atoms in total. The van der Waals surface area contributed by atoms with Gasteiger partial charge in [-0.25, -0.2) is 9.78 Å². The Kier molecular flexibility index (Phi) is 3.71. The standard InChI is InChI=1S/C9H10ClNO3/c1-6(9(12)13-2)14-7-3-4-8(10)11-5-7/h3-6H,1-2H3. The third-order valence-electron chi connectivity index (χ3n) is 1.55. The van der Waals surface area contributed by atoms with Crippen LogP contribution in [0.1, 0.15) is 6.92 Å². The number of esters is 1. The van der Waals surface area contributed by atoms with Gasteiger partial charge in [-0.2, -0.15) is 0 Å². The first-order valence-electron chi connectivity index (χ1n) is 3.99. The number of rotatable bonds is 3. The Morgan fingerprint density at radius 2 is 2.29 bits per heavy atom. The van der Waals surface area contributed by atoms with Gasteiger partial charge in [-0.1, -0.05) is 11.6 Å². The summed E-state index contributed by atoms with van der Waals surface area (Å²) in [5.74, 6) is 0.0484. The third kappa shape index (κ3) is 2.88. The van der Waals surface area contributed by atoms with Crippen molar-refractivity contribution in [2.75, 3.05) is 7.11 Å². The van der Waals surface area contributed by atoms with Crippen LogP contribution in [-0.4, -0.2) is 24.2 Å². The number of halogens is 1. The maximum atomic E-state index is 11.0. The lowest BCUT2D eigenvalue weighted by Crippen LogP contribution is -2.24. The zero-order chi connectivity index (χ0) is 10.6. The van der Waals surface area contributed by atoms with Gasteiger partial charge in [0, 0.05) is 0 Å². The summed E-state index contributed by atoms with van der Waals surface area (Å²) < 4.78 is 9.72. The highest BCUT2D eigenvalue weighted by Gasteiger charge is 2.14. The van der Waals surface area contributed by atoms with Crippen LogP contribution in [0.4, 0.5) is 0 Å². The smallest absolute Gasteiger partial charge is 0.346 e. The van der Waals surface area contributed by atoms with Crippen molar-refractivity contribution in [2.24, 2.45) is 0 Å². The van der Waals surface area contributed by atoms with Crippen LogP contribution in [0.25, 0.3) is 0 Å². The van der Waals surface area contributed by atoms with E-state index in [-0.39, 0.29) is 0 Å². The van der Waals surface area contributed by atoms with Gasteiger partial charge < -0.3 is 9.47 Å². The summed E-state index contributed by atoms with van der Waals surface area (Å²) in [5, 5.41) is 0.378. The predicted octanol–water partition coefficient (Wildman–Crippen LogP) is 1.68. The fourth-order valence-corrected chi connectivity index (χ4v) is 0.962. The van der Waals surface area contributed by atoms with Crippen molar-refractivity contribution < 1.29 is 14.3 Å². The molecule has 0 saturated heterocycles. The molecule has 1 atom stereocenters. The van der Waals surface area contributed by atoms with Gasteiger partial charge in [-0.05, 0) is 19.1 Å². The van der Waals surface area contributed by atoms with Gasteiger partial charge in [0.1, 0.15) is 10.9 Å². The summed E-state index contributed by atoms with van der Waals surface area (Å²) in [6.45, 7) is 1.60. The number of nitrogens with zero attached hydrogens (tertiary/aromatic N) is 1. The fraction of sp³-hybridized carbons (Fsp3) is 0.333. The van der Waals surface area contributed by atoms with Crippen LogP contribution < -0.4 is 4.74 Å². The quantitative estimate of drug-likeness (QED) is 0.569. The van der Waals surface area contributed by atoms with Crippen molar-refractivity contribution in [1.29, 1.82) is 0 Å². The molecule has 1 aromatic heterocycles. The van der Waals surface area contributed by atoms with Gasteiger partial charge in [-0.15, -0.1) is 0 Å². The van der Waals surface area contributed by atoms with E-state index in [1.54, 1.807) is 19.1 Å². The maximum Gasteiger partial charge on any atom is 0.346 e. The third-order valence-corrected chi connectivity index (χ3v) is 1.77. The van der Waals surface area contributed by atoms with Gasteiger partial charge in [0.25, 0.3) is 0 Å². The highest BCUT2D eigenvalue weighted by atomic mass is 35.5. The zero-order valence-electron chi connectivity index (χ0n) is 7.86. The van der Waals surface area contributed by atoms with Gasteiger partial charge in [-0.3, -0.25) is 0 Å². The Morgan fingerprint density at radius 1 is 1.57 bits per heavy atom. The molecule has 0 bridgehead atoms. The number of hydrogen-bond acceptors (Lipinski definition) is 4. The molecule has 0 aromatic carbocycles. The minimum Gasteiger partial charge on any atom is -0.477 e.